The highest BCUT2D eigenvalue weighted by molar-refractivity contribution is 7.16. The molecule has 4 nitrogen and oxygen atoms in total. The molecule has 120 valence electrons. The Morgan fingerprint density at radius 2 is 2.00 bits per heavy atom. The summed E-state index contributed by atoms with van der Waals surface area (Å²) in [6, 6.07) is 9.76. The van der Waals surface area contributed by atoms with Gasteiger partial charge >= 0.3 is 0 Å². The maximum absolute atomic E-state index is 9.31. The van der Waals surface area contributed by atoms with Gasteiger partial charge in [0, 0.05) is 32.7 Å². The maximum Gasteiger partial charge on any atom is 0.187 e. The summed E-state index contributed by atoms with van der Waals surface area (Å²) in [5.41, 5.74) is 3.33. The molecule has 0 bridgehead atoms. The molecule has 0 atom stereocenters. The Morgan fingerprint density at radius 1 is 1.25 bits per heavy atom. The van der Waals surface area contributed by atoms with E-state index >= 15 is 0 Å². The van der Waals surface area contributed by atoms with Crippen LogP contribution in [0.3, 0.4) is 0 Å². The number of thiazole rings is 2. The molecule has 2 heterocycles. The summed E-state index contributed by atoms with van der Waals surface area (Å²) in [5, 5.41) is 16.5. The van der Waals surface area contributed by atoms with Crippen LogP contribution in [0.2, 0.25) is 5.02 Å². The van der Waals surface area contributed by atoms with Crippen LogP contribution < -0.4 is 5.32 Å². The molecular weight excluding hydrogens is 360 g/mol. The minimum absolute atomic E-state index is 0.494. The molecule has 0 spiro atoms. The second-order valence-corrected chi connectivity index (χ2v) is 7.54. The van der Waals surface area contributed by atoms with Crippen molar-refractivity contribution >= 4 is 45.0 Å². The van der Waals surface area contributed by atoms with E-state index in [1.54, 1.807) is 17.5 Å². The van der Waals surface area contributed by atoms with Crippen LogP contribution in [0.25, 0.3) is 16.8 Å². The molecule has 0 aliphatic rings. The van der Waals surface area contributed by atoms with Crippen molar-refractivity contribution in [1.82, 2.24) is 9.97 Å². The van der Waals surface area contributed by atoms with E-state index in [-0.39, 0.29) is 0 Å². The predicted molar refractivity (Wildman–Crippen MR) is 101 cm³/mol. The molecule has 0 radical (unpaired) electrons. The Morgan fingerprint density at radius 3 is 2.62 bits per heavy atom. The van der Waals surface area contributed by atoms with Crippen LogP contribution in [0.1, 0.15) is 15.6 Å². The molecule has 7 heteroatoms. The van der Waals surface area contributed by atoms with Crippen molar-refractivity contribution in [2.75, 3.05) is 5.32 Å². The van der Waals surface area contributed by atoms with Gasteiger partial charge in [0.05, 0.1) is 5.69 Å². The number of aromatic nitrogens is 2. The van der Waals surface area contributed by atoms with Gasteiger partial charge in [0.1, 0.15) is 16.6 Å². The number of hydrogen-bond donors (Lipinski definition) is 1. The number of anilines is 1. The molecule has 0 unspecified atom stereocenters. The first-order valence-electron chi connectivity index (χ1n) is 7.09. The Balaban J connectivity index is 1.84. The van der Waals surface area contributed by atoms with Gasteiger partial charge in [-0.3, -0.25) is 0 Å². The third-order valence-corrected chi connectivity index (χ3v) is 5.37. The fraction of sp³-hybridized carbons (Fsp3) is 0.118. The minimum atomic E-state index is 0.494. The number of halogens is 1. The SMILES string of the molecule is Cc1csc(/C(C#N)=C/Nc2nc(-c3ccc(Cl)cc3)c(C)s2)n1. The highest BCUT2D eigenvalue weighted by Gasteiger charge is 2.10. The van der Waals surface area contributed by atoms with E-state index in [1.165, 1.54) is 11.3 Å². The summed E-state index contributed by atoms with van der Waals surface area (Å²) in [6.07, 6.45) is 1.65. The number of rotatable bonds is 4. The van der Waals surface area contributed by atoms with Gasteiger partial charge in [-0.1, -0.05) is 23.7 Å². The maximum atomic E-state index is 9.31. The largest absolute Gasteiger partial charge is 0.337 e. The summed E-state index contributed by atoms with van der Waals surface area (Å²) in [7, 11) is 0. The molecule has 1 aromatic carbocycles. The summed E-state index contributed by atoms with van der Waals surface area (Å²) >= 11 is 8.92. The molecule has 0 amide bonds. The first-order chi connectivity index (χ1) is 11.6. The molecule has 2 aromatic heterocycles. The zero-order chi connectivity index (χ0) is 17.1. The van der Waals surface area contributed by atoms with Crippen molar-refractivity contribution in [2.24, 2.45) is 0 Å². The van der Waals surface area contributed by atoms with Crippen LogP contribution >= 0.6 is 34.3 Å². The Hall–Kier alpha value is -2.20. The summed E-state index contributed by atoms with van der Waals surface area (Å²) in [5.74, 6) is 0. The fourth-order valence-electron chi connectivity index (χ4n) is 2.09. The zero-order valence-corrected chi connectivity index (χ0v) is 15.4. The summed E-state index contributed by atoms with van der Waals surface area (Å²) < 4.78 is 0. The Bertz CT molecular complexity index is 932. The number of nitriles is 1. The van der Waals surface area contributed by atoms with E-state index in [0.717, 1.165) is 27.0 Å². The average Bonchev–Trinajstić information content (AvgIpc) is 3.15. The lowest BCUT2D eigenvalue weighted by Gasteiger charge is -1.98. The van der Waals surface area contributed by atoms with Gasteiger partial charge in [-0.05, 0) is 26.0 Å². The van der Waals surface area contributed by atoms with Gasteiger partial charge in [-0.15, -0.1) is 22.7 Å². The van der Waals surface area contributed by atoms with Crippen molar-refractivity contribution in [3.8, 4) is 17.3 Å². The van der Waals surface area contributed by atoms with Crippen molar-refractivity contribution in [2.45, 2.75) is 13.8 Å². The van der Waals surface area contributed by atoms with Crippen molar-refractivity contribution in [3.63, 3.8) is 0 Å². The second-order valence-electron chi connectivity index (χ2n) is 5.04. The number of benzene rings is 1. The zero-order valence-electron chi connectivity index (χ0n) is 13.0. The van der Waals surface area contributed by atoms with Gasteiger partial charge in [0.2, 0.25) is 0 Å². The van der Waals surface area contributed by atoms with Gasteiger partial charge in [0.15, 0.2) is 5.13 Å². The van der Waals surface area contributed by atoms with E-state index in [9.17, 15) is 5.26 Å². The Labute approximate surface area is 153 Å². The third-order valence-electron chi connectivity index (χ3n) is 3.22. The summed E-state index contributed by atoms with van der Waals surface area (Å²) in [6.45, 7) is 3.93. The van der Waals surface area contributed by atoms with Crippen molar-refractivity contribution < 1.29 is 0 Å². The normalized spacial score (nSPS) is 11.3. The van der Waals surface area contributed by atoms with Crippen LogP contribution in [-0.4, -0.2) is 9.97 Å². The lowest BCUT2D eigenvalue weighted by Crippen LogP contribution is -1.90. The molecular formula is C17H13ClN4S2. The predicted octanol–water partition coefficient (Wildman–Crippen LogP) is 5.51. The van der Waals surface area contributed by atoms with E-state index < -0.39 is 0 Å². The van der Waals surface area contributed by atoms with Crippen LogP contribution in [0, 0.1) is 25.2 Å². The lowest BCUT2D eigenvalue weighted by atomic mass is 10.1. The van der Waals surface area contributed by atoms with Crippen molar-refractivity contribution in [1.29, 1.82) is 5.26 Å². The quantitative estimate of drug-likeness (QED) is 0.613. The van der Waals surface area contributed by atoms with Gasteiger partial charge < -0.3 is 5.32 Å². The van der Waals surface area contributed by atoms with E-state index in [4.69, 9.17) is 11.6 Å². The Kier molecular flexibility index (Phi) is 4.95. The fourth-order valence-corrected chi connectivity index (χ4v) is 3.78. The van der Waals surface area contributed by atoms with Crippen molar-refractivity contribution in [3.05, 3.63) is 56.4 Å². The van der Waals surface area contributed by atoms with Crippen LogP contribution in [0.15, 0.2) is 35.8 Å². The first-order valence-corrected chi connectivity index (χ1v) is 9.17. The van der Waals surface area contributed by atoms with E-state index in [1.807, 2.05) is 43.5 Å². The smallest absolute Gasteiger partial charge is 0.187 e. The summed E-state index contributed by atoms with van der Waals surface area (Å²) in [4.78, 5) is 10.0. The van der Waals surface area contributed by atoms with Gasteiger partial charge in [0.25, 0.3) is 0 Å². The molecule has 0 saturated heterocycles. The van der Waals surface area contributed by atoms with E-state index in [2.05, 4.69) is 21.4 Å². The van der Waals surface area contributed by atoms with Crippen LogP contribution in [0.5, 0.6) is 0 Å². The highest BCUT2D eigenvalue weighted by Crippen LogP contribution is 2.31. The average molecular weight is 373 g/mol. The first kappa shape index (κ1) is 16.7. The van der Waals surface area contributed by atoms with Gasteiger partial charge in [-0.2, -0.15) is 5.26 Å². The molecule has 0 saturated carbocycles. The minimum Gasteiger partial charge on any atom is -0.337 e. The molecule has 1 N–H and O–H groups in total. The molecule has 3 aromatic rings. The number of nitrogens with zero attached hydrogens (tertiary/aromatic N) is 3. The monoisotopic (exact) mass is 372 g/mol. The molecule has 3 rings (SSSR count). The second kappa shape index (κ2) is 7.14. The van der Waals surface area contributed by atoms with Gasteiger partial charge in [-0.25, -0.2) is 9.97 Å². The number of allylic oxidation sites excluding steroid dienone is 1. The molecule has 0 fully saturated rings. The standard InChI is InChI=1S/C17H13ClN4S2/c1-10-9-23-16(21-10)13(7-19)8-20-17-22-15(11(2)24-17)12-3-5-14(18)6-4-12/h3-6,8-9H,1-2H3,(H,20,22)/b13-8+. The van der Waals surface area contributed by atoms with Crippen LogP contribution in [-0.2, 0) is 0 Å². The highest BCUT2D eigenvalue weighted by atomic mass is 35.5. The lowest BCUT2D eigenvalue weighted by molar-refractivity contribution is 1.24. The molecule has 24 heavy (non-hydrogen) atoms. The number of aryl methyl sites for hydroxylation is 2. The number of hydrogen-bond acceptors (Lipinski definition) is 6. The topological polar surface area (TPSA) is 61.6 Å². The third kappa shape index (κ3) is 3.65. The molecule has 0 aliphatic heterocycles. The van der Waals surface area contributed by atoms with Crippen LogP contribution in [0.4, 0.5) is 5.13 Å². The molecule has 0 aliphatic carbocycles. The van der Waals surface area contributed by atoms with E-state index in [0.29, 0.717) is 15.6 Å². The number of nitrogens with one attached hydrogen (secondary N) is 1.